The molecule has 1 fully saturated rings. The molecule has 1 atom stereocenters. The molecule has 2 amide bonds. The number of hydrogen-bond acceptors (Lipinski definition) is 6. The zero-order chi connectivity index (χ0) is 20.8. The molecular formula is C22H25N3O5. The predicted octanol–water partition coefficient (Wildman–Crippen LogP) is 1.59. The van der Waals surface area contributed by atoms with Crippen LogP contribution in [0.25, 0.3) is 0 Å². The second-order valence-corrected chi connectivity index (χ2v) is 7.14. The molecule has 0 spiro atoms. The van der Waals surface area contributed by atoms with Crippen molar-refractivity contribution < 1.29 is 23.8 Å². The fourth-order valence-corrected chi connectivity index (χ4v) is 3.49. The van der Waals surface area contributed by atoms with E-state index in [0.29, 0.717) is 50.1 Å². The summed E-state index contributed by atoms with van der Waals surface area (Å²) in [6.07, 6.45) is 0.0224. The number of morpholine rings is 1. The number of benzene rings is 2. The summed E-state index contributed by atoms with van der Waals surface area (Å²) < 4.78 is 16.8. The summed E-state index contributed by atoms with van der Waals surface area (Å²) in [5.41, 5.74) is 1.63. The molecule has 8 heteroatoms. The second kappa shape index (κ2) is 9.60. The number of carbonyl (C=O) groups is 2. The summed E-state index contributed by atoms with van der Waals surface area (Å²) >= 11 is 0. The van der Waals surface area contributed by atoms with Crippen LogP contribution in [0.1, 0.15) is 11.7 Å². The number of rotatable bonds is 5. The van der Waals surface area contributed by atoms with E-state index in [1.165, 1.54) is 0 Å². The molecule has 30 heavy (non-hydrogen) atoms. The van der Waals surface area contributed by atoms with Crippen molar-refractivity contribution in [2.45, 2.75) is 6.10 Å². The van der Waals surface area contributed by atoms with Crippen LogP contribution in [0.4, 0.5) is 5.69 Å². The number of anilines is 1. The van der Waals surface area contributed by atoms with Crippen molar-refractivity contribution in [2.24, 2.45) is 0 Å². The first kappa shape index (κ1) is 20.2. The monoisotopic (exact) mass is 411 g/mol. The number of ether oxygens (including phenoxy) is 3. The van der Waals surface area contributed by atoms with Gasteiger partial charge in [0, 0.05) is 37.9 Å². The van der Waals surface area contributed by atoms with Gasteiger partial charge in [-0.2, -0.15) is 0 Å². The van der Waals surface area contributed by atoms with Crippen molar-refractivity contribution in [3.8, 4) is 11.5 Å². The van der Waals surface area contributed by atoms with E-state index < -0.39 is 11.8 Å². The van der Waals surface area contributed by atoms with Crippen molar-refractivity contribution in [2.75, 3.05) is 51.3 Å². The molecule has 2 N–H and O–H groups in total. The minimum Gasteiger partial charge on any atom is -0.486 e. The third-order valence-electron chi connectivity index (χ3n) is 5.04. The van der Waals surface area contributed by atoms with Gasteiger partial charge in [0.05, 0.1) is 12.7 Å². The van der Waals surface area contributed by atoms with Gasteiger partial charge < -0.3 is 24.8 Å². The molecule has 0 aromatic heterocycles. The van der Waals surface area contributed by atoms with Crippen LogP contribution in [0.3, 0.4) is 0 Å². The topological polar surface area (TPSA) is 89.1 Å². The van der Waals surface area contributed by atoms with Crippen LogP contribution < -0.4 is 20.1 Å². The summed E-state index contributed by atoms with van der Waals surface area (Å²) in [6.45, 7) is 4.17. The van der Waals surface area contributed by atoms with E-state index in [0.717, 1.165) is 18.7 Å². The SMILES string of the molecule is O=C(NCCN1CCO[C@@H](c2ccccc2)C1)C(=O)Nc1ccc2c(c1)OCCO2. The Hall–Kier alpha value is -3.10. The van der Waals surface area contributed by atoms with E-state index in [1.807, 2.05) is 18.2 Å². The largest absolute Gasteiger partial charge is 0.486 e. The first-order valence-corrected chi connectivity index (χ1v) is 10.1. The summed E-state index contributed by atoms with van der Waals surface area (Å²) in [4.78, 5) is 26.5. The standard InChI is InChI=1S/C22H25N3O5/c26-21(22(27)24-17-6-7-18-19(14-17)30-13-12-29-18)23-8-9-25-10-11-28-20(15-25)16-4-2-1-3-5-16/h1-7,14,20H,8-13,15H2,(H,23,26)(H,24,27)/t20-/m1/s1. The smallest absolute Gasteiger partial charge is 0.313 e. The maximum atomic E-state index is 12.2. The highest BCUT2D eigenvalue weighted by Gasteiger charge is 2.22. The molecule has 158 valence electrons. The Morgan fingerprint density at radius 3 is 2.60 bits per heavy atom. The van der Waals surface area contributed by atoms with Gasteiger partial charge in [-0.15, -0.1) is 0 Å². The average molecular weight is 411 g/mol. The van der Waals surface area contributed by atoms with E-state index in [2.05, 4.69) is 27.7 Å². The fraction of sp³-hybridized carbons (Fsp3) is 0.364. The third-order valence-corrected chi connectivity index (χ3v) is 5.04. The molecule has 2 aromatic carbocycles. The number of hydrogen-bond donors (Lipinski definition) is 2. The van der Waals surface area contributed by atoms with Gasteiger partial charge in [0.15, 0.2) is 11.5 Å². The number of amides is 2. The van der Waals surface area contributed by atoms with E-state index in [4.69, 9.17) is 14.2 Å². The van der Waals surface area contributed by atoms with Gasteiger partial charge in [0.2, 0.25) is 0 Å². The van der Waals surface area contributed by atoms with Gasteiger partial charge in [-0.25, -0.2) is 0 Å². The Bertz CT molecular complexity index is 890. The molecule has 2 aliphatic heterocycles. The lowest BCUT2D eigenvalue weighted by Crippen LogP contribution is -2.44. The first-order chi connectivity index (χ1) is 14.7. The zero-order valence-corrected chi connectivity index (χ0v) is 16.6. The van der Waals surface area contributed by atoms with E-state index in [9.17, 15) is 9.59 Å². The molecule has 2 heterocycles. The first-order valence-electron chi connectivity index (χ1n) is 10.1. The maximum absolute atomic E-state index is 12.2. The highest BCUT2D eigenvalue weighted by atomic mass is 16.6. The number of nitrogens with one attached hydrogen (secondary N) is 2. The molecule has 8 nitrogen and oxygen atoms in total. The van der Waals surface area contributed by atoms with Crippen molar-refractivity contribution in [3.05, 3.63) is 54.1 Å². The van der Waals surface area contributed by atoms with Crippen LogP contribution in [0.2, 0.25) is 0 Å². The quantitative estimate of drug-likeness (QED) is 0.727. The van der Waals surface area contributed by atoms with Gasteiger partial charge in [-0.1, -0.05) is 30.3 Å². The van der Waals surface area contributed by atoms with Crippen LogP contribution in [-0.2, 0) is 14.3 Å². The molecule has 2 aromatic rings. The normalized spacial score (nSPS) is 18.5. The summed E-state index contributed by atoms with van der Waals surface area (Å²) in [5, 5.41) is 5.27. The minimum atomic E-state index is -0.712. The van der Waals surface area contributed by atoms with Crippen LogP contribution in [0.5, 0.6) is 11.5 Å². The minimum absolute atomic E-state index is 0.0224. The highest BCUT2D eigenvalue weighted by Crippen LogP contribution is 2.32. The predicted molar refractivity (Wildman–Crippen MR) is 111 cm³/mol. The van der Waals surface area contributed by atoms with Crippen molar-refractivity contribution in [3.63, 3.8) is 0 Å². The maximum Gasteiger partial charge on any atom is 0.313 e. The van der Waals surface area contributed by atoms with Crippen molar-refractivity contribution >= 4 is 17.5 Å². The van der Waals surface area contributed by atoms with Gasteiger partial charge in [0.25, 0.3) is 0 Å². The van der Waals surface area contributed by atoms with Crippen molar-refractivity contribution in [1.82, 2.24) is 10.2 Å². The molecule has 0 aliphatic carbocycles. The highest BCUT2D eigenvalue weighted by molar-refractivity contribution is 6.39. The Morgan fingerprint density at radius 1 is 0.967 bits per heavy atom. The Kier molecular flexibility index (Phi) is 6.46. The van der Waals surface area contributed by atoms with Crippen LogP contribution in [0, 0.1) is 0 Å². The lowest BCUT2D eigenvalue weighted by Gasteiger charge is -2.33. The molecule has 0 saturated carbocycles. The van der Waals surface area contributed by atoms with Gasteiger partial charge in [0.1, 0.15) is 13.2 Å². The van der Waals surface area contributed by atoms with Gasteiger partial charge in [-0.05, 0) is 17.7 Å². The molecule has 2 aliphatic rings. The van der Waals surface area contributed by atoms with Gasteiger partial charge in [-0.3, -0.25) is 14.5 Å². The number of carbonyl (C=O) groups excluding carboxylic acids is 2. The lowest BCUT2D eigenvalue weighted by molar-refractivity contribution is -0.136. The summed E-state index contributed by atoms with van der Waals surface area (Å²) in [6, 6.07) is 15.1. The van der Waals surface area contributed by atoms with Crippen LogP contribution in [0.15, 0.2) is 48.5 Å². The summed E-state index contributed by atoms with van der Waals surface area (Å²) in [5.74, 6) is -0.198. The van der Waals surface area contributed by atoms with Crippen LogP contribution in [-0.4, -0.2) is 62.7 Å². The fourth-order valence-electron chi connectivity index (χ4n) is 3.49. The Balaban J connectivity index is 1.22. The van der Waals surface area contributed by atoms with Gasteiger partial charge >= 0.3 is 11.8 Å². The lowest BCUT2D eigenvalue weighted by atomic mass is 10.1. The number of fused-ring (bicyclic) bond motifs is 1. The Morgan fingerprint density at radius 2 is 1.77 bits per heavy atom. The van der Waals surface area contributed by atoms with Crippen LogP contribution >= 0.6 is 0 Å². The van der Waals surface area contributed by atoms with Crippen molar-refractivity contribution in [1.29, 1.82) is 0 Å². The molecular weight excluding hydrogens is 386 g/mol. The number of nitrogens with zero attached hydrogens (tertiary/aromatic N) is 1. The average Bonchev–Trinajstić information content (AvgIpc) is 2.79. The molecule has 0 unspecified atom stereocenters. The molecule has 1 saturated heterocycles. The molecule has 4 rings (SSSR count). The zero-order valence-electron chi connectivity index (χ0n) is 16.6. The molecule has 0 radical (unpaired) electrons. The van der Waals surface area contributed by atoms with E-state index in [1.54, 1.807) is 18.2 Å². The Labute approximate surface area is 175 Å². The third kappa shape index (κ3) is 5.08. The summed E-state index contributed by atoms with van der Waals surface area (Å²) in [7, 11) is 0. The van der Waals surface area contributed by atoms with E-state index in [-0.39, 0.29) is 6.10 Å². The van der Waals surface area contributed by atoms with E-state index >= 15 is 0 Å². The molecule has 0 bridgehead atoms. The second-order valence-electron chi connectivity index (χ2n) is 7.14.